The number of carbonyl (C=O) groups is 1. The highest BCUT2D eigenvalue weighted by molar-refractivity contribution is 5.98. The summed E-state index contributed by atoms with van der Waals surface area (Å²) in [6.45, 7) is 3.82. The summed E-state index contributed by atoms with van der Waals surface area (Å²) >= 11 is 0. The fourth-order valence-electron chi connectivity index (χ4n) is 4.81. The van der Waals surface area contributed by atoms with Crippen molar-refractivity contribution in [3.05, 3.63) is 82.9 Å². The average molecular weight is 344 g/mol. The van der Waals surface area contributed by atoms with Gasteiger partial charge in [0.1, 0.15) is 0 Å². The second-order valence-electron chi connectivity index (χ2n) is 7.68. The van der Waals surface area contributed by atoms with Gasteiger partial charge in [0.15, 0.2) is 5.78 Å². The molecule has 0 N–H and O–H groups in total. The van der Waals surface area contributed by atoms with Gasteiger partial charge in [-0.05, 0) is 41.2 Å². The van der Waals surface area contributed by atoms with Crippen LogP contribution in [-0.2, 0) is 30.7 Å². The molecule has 3 heteroatoms. The second-order valence-corrected chi connectivity index (χ2v) is 7.68. The molecule has 132 valence electrons. The third-order valence-corrected chi connectivity index (χ3v) is 6.21. The zero-order chi connectivity index (χ0) is 17.5. The van der Waals surface area contributed by atoms with Crippen molar-refractivity contribution in [1.82, 2.24) is 9.80 Å². The standard InChI is InChI=1S/C23H24N2O/c26-22-10-9-21(24-13-11-17-5-1-3-7-19(17)15-24)23(22)25-14-12-18-6-2-4-8-20(18)16-25/h1-10,21,23H,11-16H2/t21-,23+/m1/s1. The molecule has 0 aromatic heterocycles. The predicted octanol–water partition coefficient (Wildman–Crippen LogP) is 2.98. The number of carbonyl (C=O) groups excluding carboxylic acids is 1. The highest BCUT2D eigenvalue weighted by Crippen LogP contribution is 2.29. The van der Waals surface area contributed by atoms with Crippen LogP contribution < -0.4 is 0 Å². The molecule has 2 aliphatic heterocycles. The Morgan fingerprint density at radius 1 is 0.731 bits per heavy atom. The highest BCUT2D eigenvalue weighted by Gasteiger charge is 2.40. The SMILES string of the molecule is O=C1C=C[C@@H](N2CCc3ccccc3C2)[C@@H]1N1CCc2ccccc2C1. The molecule has 0 bridgehead atoms. The van der Waals surface area contributed by atoms with Crippen LogP contribution in [0.4, 0.5) is 0 Å². The Hall–Kier alpha value is -2.23. The normalized spacial score (nSPS) is 25.9. The van der Waals surface area contributed by atoms with Gasteiger partial charge in [-0.2, -0.15) is 0 Å². The molecule has 2 aromatic rings. The molecule has 1 aliphatic carbocycles. The molecular formula is C23H24N2O. The third-order valence-electron chi connectivity index (χ3n) is 6.21. The van der Waals surface area contributed by atoms with E-state index >= 15 is 0 Å². The Kier molecular flexibility index (Phi) is 3.99. The maximum absolute atomic E-state index is 12.7. The van der Waals surface area contributed by atoms with Crippen LogP contribution in [0, 0.1) is 0 Å². The molecule has 26 heavy (non-hydrogen) atoms. The lowest BCUT2D eigenvalue weighted by Gasteiger charge is -2.41. The Morgan fingerprint density at radius 2 is 1.27 bits per heavy atom. The van der Waals surface area contributed by atoms with E-state index in [-0.39, 0.29) is 17.9 Å². The minimum atomic E-state index is -0.0337. The molecule has 0 radical (unpaired) electrons. The highest BCUT2D eigenvalue weighted by atomic mass is 16.1. The summed E-state index contributed by atoms with van der Waals surface area (Å²) in [4.78, 5) is 17.6. The molecule has 0 unspecified atom stereocenters. The van der Waals surface area contributed by atoms with Gasteiger partial charge in [0.25, 0.3) is 0 Å². The molecule has 3 nitrogen and oxygen atoms in total. The molecule has 0 spiro atoms. The number of fused-ring (bicyclic) bond motifs is 2. The fraction of sp³-hybridized carbons (Fsp3) is 0.348. The number of nitrogens with zero attached hydrogens (tertiary/aromatic N) is 2. The van der Waals surface area contributed by atoms with E-state index in [0.717, 1.165) is 39.0 Å². The van der Waals surface area contributed by atoms with Crippen molar-refractivity contribution in [3.8, 4) is 0 Å². The number of ketones is 1. The summed E-state index contributed by atoms with van der Waals surface area (Å²) in [5, 5.41) is 0. The van der Waals surface area contributed by atoms with Crippen molar-refractivity contribution in [2.45, 2.75) is 38.0 Å². The van der Waals surface area contributed by atoms with Gasteiger partial charge in [0, 0.05) is 26.2 Å². The number of hydrogen-bond acceptors (Lipinski definition) is 3. The third kappa shape index (κ3) is 2.72. The first-order valence-corrected chi connectivity index (χ1v) is 9.63. The molecule has 0 amide bonds. The van der Waals surface area contributed by atoms with E-state index < -0.39 is 0 Å². The van der Waals surface area contributed by atoms with E-state index in [4.69, 9.17) is 0 Å². The first-order valence-electron chi connectivity index (χ1n) is 9.63. The van der Waals surface area contributed by atoms with Crippen molar-refractivity contribution in [1.29, 1.82) is 0 Å². The summed E-state index contributed by atoms with van der Waals surface area (Å²) in [6.07, 6.45) is 6.07. The van der Waals surface area contributed by atoms with Crippen LogP contribution in [0.2, 0.25) is 0 Å². The number of hydrogen-bond donors (Lipinski definition) is 0. The quantitative estimate of drug-likeness (QED) is 0.837. The van der Waals surface area contributed by atoms with Crippen molar-refractivity contribution in [3.63, 3.8) is 0 Å². The van der Waals surface area contributed by atoms with E-state index in [1.807, 2.05) is 6.08 Å². The molecule has 0 fully saturated rings. The van der Waals surface area contributed by atoms with E-state index in [2.05, 4.69) is 64.4 Å². The summed E-state index contributed by atoms with van der Waals surface area (Å²) in [7, 11) is 0. The van der Waals surface area contributed by atoms with Crippen molar-refractivity contribution in [2.75, 3.05) is 13.1 Å². The molecular weight excluding hydrogens is 320 g/mol. The second kappa shape index (κ2) is 6.49. The van der Waals surface area contributed by atoms with Crippen LogP contribution in [-0.4, -0.2) is 40.8 Å². The first kappa shape index (κ1) is 16.0. The maximum atomic E-state index is 12.7. The molecule has 2 heterocycles. The van der Waals surface area contributed by atoms with Crippen LogP contribution in [0.1, 0.15) is 22.3 Å². The van der Waals surface area contributed by atoms with Gasteiger partial charge in [-0.25, -0.2) is 0 Å². The lowest BCUT2D eigenvalue weighted by Crippen LogP contribution is -2.54. The van der Waals surface area contributed by atoms with E-state index in [0.29, 0.717) is 0 Å². The van der Waals surface area contributed by atoms with Gasteiger partial charge in [0.2, 0.25) is 0 Å². The van der Waals surface area contributed by atoms with E-state index in [1.54, 1.807) is 0 Å². The molecule has 3 aliphatic rings. The van der Waals surface area contributed by atoms with Crippen LogP contribution >= 0.6 is 0 Å². The molecule has 2 aromatic carbocycles. The average Bonchev–Trinajstić information content (AvgIpc) is 3.08. The van der Waals surface area contributed by atoms with Gasteiger partial charge in [-0.15, -0.1) is 0 Å². The molecule has 0 saturated heterocycles. The minimum absolute atomic E-state index is 0.0337. The van der Waals surface area contributed by atoms with Gasteiger partial charge in [-0.1, -0.05) is 54.6 Å². The van der Waals surface area contributed by atoms with Crippen LogP contribution in [0.15, 0.2) is 60.7 Å². The lowest BCUT2D eigenvalue weighted by molar-refractivity contribution is -0.120. The molecule has 0 saturated carbocycles. The van der Waals surface area contributed by atoms with Gasteiger partial charge in [0.05, 0.1) is 12.1 Å². The van der Waals surface area contributed by atoms with Gasteiger partial charge >= 0.3 is 0 Å². The van der Waals surface area contributed by atoms with Gasteiger partial charge < -0.3 is 0 Å². The summed E-state index contributed by atoms with van der Waals surface area (Å²) in [5.74, 6) is 0.272. The smallest absolute Gasteiger partial charge is 0.174 e. The van der Waals surface area contributed by atoms with E-state index in [1.165, 1.54) is 22.3 Å². The Balaban J connectivity index is 1.38. The molecule has 2 atom stereocenters. The summed E-state index contributed by atoms with van der Waals surface area (Å²) < 4.78 is 0. The number of rotatable bonds is 2. The van der Waals surface area contributed by atoms with Crippen LogP contribution in [0.5, 0.6) is 0 Å². The zero-order valence-corrected chi connectivity index (χ0v) is 15.0. The van der Waals surface area contributed by atoms with E-state index in [9.17, 15) is 4.79 Å². The summed E-state index contributed by atoms with van der Waals surface area (Å²) in [5.41, 5.74) is 5.68. The van der Waals surface area contributed by atoms with Gasteiger partial charge in [-0.3, -0.25) is 14.6 Å². The largest absolute Gasteiger partial charge is 0.293 e. The fourth-order valence-corrected chi connectivity index (χ4v) is 4.81. The van der Waals surface area contributed by atoms with Crippen molar-refractivity contribution >= 4 is 5.78 Å². The maximum Gasteiger partial charge on any atom is 0.174 e. The van der Waals surface area contributed by atoms with Crippen LogP contribution in [0.25, 0.3) is 0 Å². The zero-order valence-electron chi connectivity index (χ0n) is 15.0. The number of benzene rings is 2. The monoisotopic (exact) mass is 344 g/mol. The van der Waals surface area contributed by atoms with Crippen molar-refractivity contribution in [2.24, 2.45) is 0 Å². The van der Waals surface area contributed by atoms with Crippen LogP contribution in [0.3, 0.4) is 0 Å². The molecule has 5 rings (SSSR count). The first-order chi connectivity index (χ1) is 12.8. The predicted molar refractivity (Wildman–Crippen MR) is 103 cm³/mol. The lowest BCUT2D eigenvalue weighted by atomic mass is 9.94. The van der Waals surface area contributed by atoms with Crippen molar-refractivity contribution < 1.29 is 4.79 Å². The minimum Gasteiger partial charge on any atom is -0.293 e. The Morgan fingerprint density at radius 3 is 1.92 bits per heavy atom. The Bertz CT molecular complexity index is 872. The Labute approximate surface area is 154 Å². The topological polar surface area (TPSA) is 23.6 Å². The summed E-state index contributed by atoms with van der Waals surface area (Å²) in [6, 6.07) is 17.5.